The molecule has 0 fully saturated rings. The first kappa shape index (κ1) is 35.9. The van der Waals surface area contributed by atoms with Crippen LogP contribution in [0.15, 0.2) is 203 Å². The van der Waals surface area contributed by atoms with Crippen LogP contribution in [0.5, 0.6) is 0 Å². The number of nitrogens with zero attached hydrogens (tertiary/aromatic N) is 4. The topological polar surface area (TPSA) is 69.9 Å². The van der Waals surface area contributed by atoms with Crippen LogP contribution < -0.4 is 0 Å². The highest BCUT2D eigenvalue weighted by Crippen LogP contribution is 2.43. The van der Waals surface area contributed by atoms with Gasteiger partial charge in [-0.05, 0) is 100 Å². The number of hydrogen-bond acceptors (Lipinski definition) is 5. The van der Waals surface area contributed by atoms with Crippen molar-refractivity contribution in [3.63, 3.8) is 0 Å². The molecule has 0 saturated heterocycles. The molecule has 1 aliphatic carbocycles. The molecular formula is C59H36N4O2. The van der Waals surface area contributed by atoms with E-state index in [9.17, 15) is 0 Å². The smallest absolute Gasteiger partial charge is 0.163 e. The van der Waals surface area contributed by atoms with E-state index in [4.69, 9.17) is 23.8 Å². The molecule has 6 heteroatoms. The molecule has 0 amide bonds. The largest absolute Gasteiger partial charge is 0.456 e. The van der Waals surface area contributed by atoms with Crippen LogP contribution in [0.1, 0.15) is 22.9 Å². The fourth-order valence-corrected chi connectivity index (χ4v) is 10.3. The van der Waals surface area contributed by atoms with Crippen molar-refractivity contribution in [2.45, 2.75) is 12.3 Å². The van der Waals surface area contributed by atoms with Gasteiger partial charge in [-0.2, -0.15) is 0 Å². The van der Waals surface area contributed by atoms with Gasteiger partial charge in [-0.1, -0.05) is 140 Å². The fourth-order valence-electron chi connectivity index (χ4n) is 10.3. The summed E-state index contributed by atoms with van der Waals surface area (Å²) >= 11 is 0. The second-order valence-corrected chi connectivity index (χ2v) is 17.1. The van der Waals surface area contributed by atoms with Crippen molar-refractivity contribution in [2.24, 2.45) is 0 Å². The molecule has 0 N–H and O–H groups in total. The lowest BCUT2D eigenvalue weighted by Gasteiger charge is -2.20. The lowest BCUT2D eigenvalue weighted by Crippen LogP contribution is -2.12. The summed E-state index contributed by atoms with van der Waals surface area (Å²) in [6.45, 7) is 0. The Hall–Kier alpha value is -8.61. The SMILES string of the molecule is C1=CC(c2nc(-c3cccc(-c4ccccc4)c3)nc(-c3ccc4oc5ccccc5c4c3)n2)Cc2c1ccc1oc3c(-n4c5ccccc5c5cc6ccccc6cc54)cccc3c21. The Balaban J connectivity index is 0.926. The van der Waals surface area contributed by atoms with Crippen molar-refractivity contribution in [1.82, 2.24) is 19.5 Å². The third-order valence-corrected chi connectivity index (χ3v) is 13.3. The lowest BCUT2D eigenvalue weighted by molar-refractivity contribution is 0.665. The molecule has 14 rings (SSSR count). The van der Waals surface area contributed by atoms with Crippen LogP contribution in [0.4, 0.5) is 0 Å². The normalized spacial score (nSPS) is 13.9. The molecule has 4 heterocycles. The van der Waals surface area contributed by atoms with Crippen LogP contribution in [0.25, 0.3) is 122 Å². The fraction of sp³-hybridized carbons (Fsp3) is 0.0339. The maximum atomic E-state index is 6.97. The quantitative estimate of drug-likeness (QED) is 0.173. The predicted octanol–water partition coefficient (Wildman–Crippen LogP) is 15.3. The van der Waals surface area contributed by atoms with E-state index in [-0.39, 0.29) is 5.92 Å². The van der Waals surface area contributed by atoms with E-state index >= 15 is 0 Å². The molecule has 1 unspecified atom stereocenters. The first-order valence-electron chi connectivity index (χ1n) is 22.1. The molecule has 304 valence electrons. The highest BCUT2D eigenvalue weighted by Gasteiger charge is 2.26. The average Bonchev–Trinajstić information content (AvgIpc) is 4.05. The highest BCUT2D eigenvalue weighted by atomic mass is 16.3. The van der Waals surface area contributed by atoms with Gasteiger partial charge in [-0.3, -0.25) is 0 Å². The maximum Gasteiger partial charge on any atom is 0.163 e. The Kier molecular flexibility index (Phi) is 7.71. The molecule has 0 aliphatic heterocycles. The number of benzene rings is 9. The van der Waals surface area contributed by atoms with Crippen molar-refractivity contribution < 1.29 is 8.83 Å². The van der Waals surface area contributed by atoms with Gasteiger partial charge in [0.1, 0.15) is 22.6 Å². The molecule has 4 aromatic heterocycles. The third kappa shape index (κ3) is 5.63. The Morgan fingerprint density at radius 1 is 0.446 bits per heavy atom. The number of aromatic nitrogens is 4. The molecule has 0 radical (unpaired) electrons. The number of fused-ring (bicyclic) bond motifs is 12. The minimum Gasteiger partial charge on any atom is -0.456 e. The van der Waals surface area contributed by atoms with Crippen molar-refractivity contribution in [1.29, 1.82) is 0 Å². The van der Waals surface area contributed by atoms with Crippen LogP contribution >= 0.6 is 0 Å². The Morgan fingerprint density at radius 2 is 1.14 bits per heavy atom. The van der Waals surface area contributed by atoms with E-state index in [1.165, 1.54) is 32.7 Å². The number of para-hydroxylation sites is 3. The molecule has 1 atom stereocenters. The zero-order chi connectivity index (χ0) is 42.6. The Bertz CT molecular complexity index is 4120. The summed E-state index contributed by atoms with van der Waals surface area (Å²) in [4.78, 5) is 15.8. The second kappa shape index (κ2) is 13.9. The lowest BCUT2D eigenvalue weighted by atomic mass is 9.86. The number of rotatable bonds is 5. The summed E-state index contributed by atoms with van der Waals surface area (Å²) in [7, 11) is 0. The van der Waals surface area contributed by atoms with E-state index in [2.05, 4.69) is 174 Å². The van der Waals surface area contributed by atoms with Crippen LogP contribution in [-0.2, 0) is 6.42 Å². The van der Waals surface area contributed by atoms with Gasteiger partial charge in [0.15, 0.2) is 17.2 Å². The first-order chi connectivity index (χ1) is 32.2. The van der Waals surface area contributed by atoms with E-state index in [0.29, 0.717) is 18.1 Å². The van der Waals surface area contributed by atoms with Gasteiger partial charge < -0.3 is 13.4 Å². The predicted molar refractivity (Wildman–Crippen MR) is 264 cm³/mol. The van der Waals surface area contributed by atoms with Crippen molar-refractivity contribution in [2.75, 3.05) is 0 Å². The monoisotopic (exact) mass is 832 g/mol. The zero-order valence-corrected chi connectivity index (χ0v) is 34.9. The number of hydrogen-bond donors (Lipinski definition) is 0. The highest BCUT2D eigenvalue weighted by molar-refractivity contribution is 6.16. The molecule has 0 bridgehead atoms. The van der Waals surface area contributed by atoms with E-state index in [0.717, 1.165) is 88.7 Å². The molecule has 65 heavy (non-hydrogen) atoms. The van der Waals surface area contributed by atoms with Crippen molar-refractivity contribution in [3.8, 4) is 39.6 Å². The zero-order valence-electron chi connectivity index (χ0n) is 34.9. The average molecular weight is 833 g/mol. The molecule has 9 aromatic carbocycles. The molecule has 0 spiro atoms. The van der Waals surface area contributed by atoms with E-state index in [1.54, 1.807) is 0 Å². The molecule has 13 aromatic rings. The van der Waals surface area contributed by atoms with Gasteiger partial charge in [-0.25, -0.2) is 15.0 Å². The Labute approximate surface area is 372 Å². The molecule has 6 nitrogen and oxygen atoms in total. The summed E-state index contributed by atoms with van der Waals surface area (Å²) in [5, 5.41) is 9.18. The first-order valence-corrected chi connectivity index (χ1v) is 22.1. The van der Waals surface area contributed by atoms with Gasteiger partial charge in [0.05, 0.1) is 16.7 Å². The van der Waals surface area contributed by atoms with Crippen molar-refractivity contribution >= 4 is 82.5 Å². The van der Waals surface area contributed by atoms with Gasteiger partial charge in [0.2, 0.25) is 0 Å². The van der Waals surface area contributed by atoms with Gasteiger partial charge >= 0.3 is 0 Å². The number of furan rings is 2. The van der Waals surface area contributed by atoms with Crippen LogP contribution in [-0.4, -0.2) is 19.5 Å². The summed E-state index contributed by atoms with van der Waals surface area (Å²) in [5.41, 5.74) is 13.2. The van der Waals surface area contributed by atoms with Crippen LogP contribution in [0, 0.1) is 0 Å². The summed E-state index contributed by atoms with van der Waals surface area (Å²) in [6, 6.07) is 66.1. The summed E-state index contributed by atoms with van der Waals surface area (Å²) in [6.07, 6.45) is 5.18. The third-order valence-electron chi connectivity index (χ3n) is 13.3. The van der Waals surface area contributed by atoms with Crippen molar-refractivity contribution in [3.05, 3.63) is 211 Å². The maximum absolute atomic E-state index is 6.97. The van der Waals surface area contributed by atoms with Gasteiger partial charge in [0.25, 0.3) is 0 Å². The van der Waals surface area contributed by atoms with Crippen LogP contribution in [0.3, 0.4) is 0 Å². The summed E-state index contributed by atoms with van der Waals surface area (Å²) < 4.78 is 15.6. The van der Waals surface area contributed by atoms with Crippen LogP contribution in [0.2, 0.25) is 0 Å². The minimum absolute atomic E-state index is 0.122. The molecular weight excluding hydrogens is 797 g/mol. The van der Waals surface area contributed by atoms with E-state index in [1.807, 2.05) is 30.3 Å². The van der Waals surface area contributed by atoms with Gasteiger partial charge in [0, 0.05) is 49.4 Å². The summed E-state index contributed by atoms with van der Waals surface area (Å²) in [5.74, 6) is 1.85. The van der Waals surface area contributed by atoms with E-state index < -0.39 is 0 Å². The molecule has 1 aliphatic rings. The van der Waals surface area contributed by atoms with Gasteiger partial charge in [-0.15, -0.1) is 0 Å². The minimum atomic E-state index is -0.122. The standard InChI is InChI=1S/C59H36N4O2/c1-2-12-35(13-3-1)37-16-10-17-40(30-37)57-60-58(62-59(61-57)42-27-28-53-48(33-42)44-19-7-9-23-52(44)64-53)41-25-24-36-26-29-54-55(46(36)32-41)45-20-11-22-50(56(45)65-54)63-49-21-8-6-18-43(49)47-31-38-14-4-5-15-39(38)34-51(47)63/h1-31,33-34,41H,32H2. The second-order valence-electron chi connectivity index (χ2n) is 17.1. The Morgan fingerprint density at radius 3 is 2.03 bits per heavy atom. The molecule has 0 saturated carbocycles. The number of allylic oxidation sites excluding steroid dienone is 1.